The molecule has 1 aromatic heterocycles. The number of aryl methyl sites for hydroxylation is 1. The fraction of sp³-hybridized carbons (Fsp3) is 0.182. The van der Waals surface area contributed by atoms with Crippen molar-refractivity contribution in [1.82, 2.24) is 14.8 Å². The summed E-state index contributed by atoms with van der Waals surface area (Å²) < 4.78 is 1.80. The molecule has 0 aliphatic carbocycles. The number of hydrogen-bond donors (Lipinski definition) is 0. The minimum absolute atomic E-state index is 0.677. The average molecular weight is 233 g/mol. The molecule has 0 saturated carbocycles. The molecular weight excluding hydrogens is 224 g/mol. The van der Waals surface area contributed by atoms with Crippen LogP contribution in [0.25, 0.3) is 0 Å². The Morgan fingerprint density at radius 2 is 2.00 bits per heavy atom. The number of fused-ring (bicyclic) bond motifs is 1. The van der Waals surface area contributed by atoms with Gasteiger partial charge in [-0.2, -0.15) is 10.1 Å². The van der Waals surface area contributed by atoms with Gasteiger partial charge in [-0.25, -0.2) is 9.67 Å². The van der Waals surface area contributed by atoms with Gasteiger partial charge in [0.1, 0.15) is 6.33 Å². The summed E-state index contributed by atoms with van der Waals surface area (Å²) in [5.74, 6) is 0.677. The van der Waals surface area contributed by atoms with Crippen LogP contribution in [0.15, 0.2) is 35.6 Å². The Morgan fingerprint density at radius 1 is 1.19 bits per heavy atom. The Hall–Kier alpha value is -1.68. The monoisotopic (exact) mass is 232 g/mol. The third-order valence-electron chi connectivity index (χ3n) is 2.57. The zero-order valence-electron chi connectivity index (χ0n) is 8.47. The first kappa shape index (κ1) is 9.54. The minimum Gasteiger partial charge on any atom is -0.230 e. The van der Waals surface area contributed by atoms with Gasteiger partial charge < -0.3 is 0 Å². The molecule has 0 atom stereocenters. The summed E-state index contributed by atoms with van der Waals surface area (Å²) in [5.41, 5.74) is 2.14. The minimum atomic E-state index is 0.677. The second kappa shape index (κ2) is 3.72. The zero-order chi connectivity index (χ0) is 11.0. The van der Waals surface area contributed by atoms with Crippen molar-refractivity contribution in [1.29, 1.82) is 0 Å². The highest BCUT2D eigenvalue weighted by atomic mass is 35.5. The number of halogens is 1. The molecule has 5 heteroatoms. The molecule has 0 N–H and O–H groups in total. The number of rotatable bonds is 1. The second-order valence-corrected chi connectivity index (χ2v) is 4.04. The number of benzene rings is 1. The summed E-state index contributed by atoms with van der Waals surface area (Å²) in [4.78, 5) is 8.56. The molecule has 0 saturated heterocycles. The zero-order valence-corrected chi connectivity index (χ0v) is 9.22. The van der Waals surface area contributed by atoms with Crippen molar-refractivity contribution in [2.24, 2.45) is 4.99 Å². The molecular formula is C11H9ClN4. The molecule has 1 aliphatic rings. The quantitative estimate of drug-likeness (QED) is 0.758. The van der Waals surface area contributed by atoms with E-state index >= 15 is 0 Å². The van der Waals surface area contributed by atoms with Crippen molar-refractivity contribution in [3.05, 3.63) is 41.2 Å². The first-order chi connectivity index (χ1) is 7.83. The molecule has 0 radical (unpaired) electrons. The SMILES string of the molecule is Clc1ccc(C2=Nc3ncnn3CC2)cc1. The van der Waals surface area contributed by atoms with Crippen molar-refractivity contribution in [3.8, 4) is 0 Å². The smallest absolute Gasteiger partial charge is 0.230 e. The molecule has 16 heavy (non-hydrogen) atoms. The Balaban J connectivity index is 2.00. The van der Waals surface area contributed by atoms with E-state index in [9.17, 15) is 0 Å². The van der Waals surface area contributed by atoms with Crippen LogP contribution in [-0.2, 0) is 6.54 Å². The largest absolute Gasteiger partial charge is 0.248 e. The van der Waals surface area contributed by atoms with Gasteiger partial charge in [-0.3, -0.25) is 0 Å². The maximum atomic E-state index is 5.85. The van der Waals surface area contributed by atoms with Crippen molar-refractivity contribution >= 4 is 23.3 Å². The van der Waals surface area contributed by atoms with Gasteiger partial charge in [-0.15, -0.1) is 0 Å². The molecule has 1 aromatic carbocycles. The van der Waals surface area contributed by atoms with Crippen LogP contribution in [-0.4, -0.2) is 20.5 Å². The lowest BCUT2D eigenvalue weighted by atomic mass is 10.1. The van der Waals surface area contributed by atoms with E-state index in [0.29, 0.717) is 5.95 Å². The van der Waals surface area contributed by atoms with Gasteiger partial charge in [-0.05, 0) is 17.7 Å². The summed E-state index contributed by atoms with van der Waals surface area (Å²) in [6.45, 7) is 0.830. The van der Waals surface area contributed by atoms with Crippen LogP contribution in [0.4, 0.5) is 5.95 Å². The Kier molecular flexibility index (Phi) is 2.22. The molecule has 1 aliphatic heterocycles. The van der Waals surface area contributed by atoms with E-state index in [1.54, 1.807) is 4.68 Å². The molecule has 0 spiro atoms. The van der Waals surface area contributed by atoms with Gasteiger partial charge in [0.15, 0.2) is 0 Å². The first-order valence-electron chi connectivity index (χ1n) is 5.04. The van der Waals surface area contributed by atoms with Crippen molar-refractivity contribution < 1.29 is 0 Å². The third kappa shape index (κ3) is 1.61. The van der Waals surface area contributed by atoms with Crippen LogP contribution in [0.1, 0.15) is 12.0 Å². The van der Waals surface area contributed by atoms with Gasteiger partial charge >= 0.3 is 0 Å². The van der Waals surface area contributed by atoms with Crippen LogP contribution >= 0.6 is 11.6 Å². The number of hydrogen-bond acceptors (Lipinski definition) is 3. The summed E-state index contributed by atoms with van der Waals surface area (Å²) in [7, 11) is 0. The summed E-state index contributed by atoms with van der Waals surface area (Å²) in [6, 6.07) is 7.71. The lowest BCUT2D eigenvalue weighted by molar-refractivity contribution is 0.624. The number of aliphatic imine (C=N–C) groups is 1. The fourth-order valence-corrected chi connectivity index (χ4v) is 1.87. The molecule has 2 aromatic rings. The summed E-state index contributed by atoms with van der Waals surface area (Å²) in [5, 5.41) is 4.82. The van der Waals surface area contributed by atoms with Gasteiger partial charge in [0, 0.05) is 11.4 Å². The van der Waals surface area contributed by atoms with Gasteiger partial charge in [-0.1, -0.05) is 23.7 Å². The van der Waals surface area contributed by atoms with E-state index in [1.807, 2.05) is 24.3 Å². The molecule has 4 nitrogen and oxygen atoms in total. The van der Waals surface area contributed by atoms with Gasteiger partial charge in [0.25, 0.3) is 0 Å². The standard InChI is InChI=1S/C11H9ClN4/c12-9-3-1-8(2-4-9)10-5-6-16-11(15-10)13-7-14-16/h1-4,7H,5-6H2. The van der Waals surface area contributed by atoms with Crippen LogP contribution < -0.4 is 0 Å². The molecule has 2 heterocycles. The molecule has 80 valence electrons. The van der Waals surface area contributed by atoms with E-state index in [2.05, 4.69) is 15.1 Å². The highest BCUT2D eigenvalue weighted by molar-refractivity contribution is 6.30. The normalized spacial score (nSPS) is 14.4. The van der Waals surface area contributed by atoms with Crippen molar-refractivity contribution in [2.45, 2.75) is 13.0 Å². The van der Waals surface area contributed by atoms with Crippen LogP contribution in [0.2, 0.25) is 5.02 Å². The Bertz CT molecular complexity index is 541. The Labute approximate surface area is 97.6 Å². The maximum absolute atomic E-state index is 5.85. The van der Waals surface area contributed by atoms with E-state index in [-0.39, 0.29) is 0 Å². The van der Waals surface area contributed by atoms with Crippen LogP contribution in [0.5, 0.6) is 0 Å². The summed E-state index contributed by atoms with van der Waals surface area (Å²) in [6.07, 6.45) is 2.40. The lowest BCUT2D eigenvalue weighted by Gasteiger charge is -2.12. The highest BCUT2D eigenvalue weighted by Crippen LogP contribution is 2.19. The third-order valence-corrected chi connectivity index (χ3v) is 2.82. The predicted molar refractivity (Wildman–Crippen MR) is 62.3 cm³/mol. The van der Waals surface area contributed by atoms with Crippen molar-refractivity contribution in [2.75, 3.05) is 0 Å². The lowest BCUT2D eigenvalue weighted by Crippen LogP contribution is -2.13. The first-order valence-corrected chi connectivity index (χ1v) is 5.42. The van der Waals surface area contributed by atoms with Gasteiger partial charge in [0.2, 0.25) is 5.95 Å². The number of aromatic nitrogens is 3. The van der Waals surface area contributed by atoms with Gasteiger partial charge in [0.05, 0.1) is 12.3 Å². The maximum Gasteiger partial charge on any atom is 0.248 e. The molecule has 0 unspecified atom stereocenters. The van der Waals surface area contributed by atoms with Crippen LogP contribution in [0, 0.1) is 0 Å². The predicted octanol–water partition coefficient (Wildman–Crippen LogP) is 2.46. The fourth-order valence-electron chi connectivity index (χ4n) is 1.74. The molecule has 0 amide bonds. The molecule has 0 bridgehead atoms. The van der Waals surface area contributed by atoms with E-state index < -0.39 is 0 Å². The second-order valence-electron chi connectivity index (χ2n) is 3.60. The average Bonchev–Trinajstić information content (AvgIpc) is 2.77. The molecule has 0 fully saturated rings. The van der Waals surface area contributed by atoms with E-state index in [4.69, 9.17) is 11.6 Å². The topological polar surface area (TPSA) is 43.1 Å². The highest BCUT2D eigenvalue weighted by Gasteiger charge is 2.13. The van der Waals surface area contributed by atoms with E-state index in [0.717, 1.165) is 29.3 Å². The summed E-state index contributed by atoms with van der Waals surface area (Å²) >= 11 is 5.85. The van der Waals surface area contributed by atoms with Crippen LogP contribution in [0.3, 0.4) is 0 Å². The number of nitrogens with zero attached hydrogens (tertiary/aromatic N) is 4. The van der Waals surface area contributed by atoms with E-state index in [1.165, 1.54) is 6.33 Å². The molecule has 3 rings (SSSR count). The Morgan fingerprint density at radius 3 is 2.81 bits per heavy atom. The van der Waals surface area contributed by atoms with Crippen molar-refractivity contribution in [3.63, 3.8) is 0 Å².